The van der Waals surface area contributed by atoms with E-state index in [-0.39, 0.29) is 18.1 Å². The topological polar surface area (TPSA) is 48.4 Å². The van der Waals surface area contributed by atoms with Crippen molar-refractivity contribution in [3.8, 4) is 11.5 Å². The Balaban J connectivity index is 1.48. The molecule has 0 bridgehead atoms. The highest BCUT2D eigenvalue weighted by Crippen LogP contribution is 2.33. The van der Waals surface area contributed by atoms with Gasteiger partial charge < -0.3 is 9.47 Å². The zero-order valence-corrected chi connectivity index (χ0v) is 14.6. The molecule has 26 heavy (non-hydrogen) atoms. The third-order valence-corrected chi connectivity index (χ3v) is 4.11. The predicted molar refractivity (Wildman–Crippen MR) is 92.5 cm³/mol. The predicted octanol–water partition coefficient (Wildman–Crippen LogP) is 5.03. The lowest BCUT2D eigenvalue weighted by molar-refractivity contribution is -0.158. The highest BCUT2D eigenvalue weighted by molar-refractivity contribution is 5.94. The first kappa shape index (κ1) is 18.3. The van der Waals surface area contributed by atoms with Crippen molar-refractivity contribution in [2.75, 3.05) is 0 Å². The van der Waals surface area contributed by atoms with Crippen LogP contribution in [-0.4, -0.2) is 16.9 Å². The van der Waals surface area contributed by atoms with Crippen LogP contribution >= 0.6 is 0 Å². The summed E-state index contributed by atoms with van der Waals surface area (Å²) in [5.41, 5.74) is 1.31. The molecule has 1 aromatic heterocycles. The lowest BCUT2D eigenvalue weighted by atomic mass is 10.1. The molecule has 0 spiro atoms. The van der Waals surface area contributed by atoms with E-state index in [1.165, 1.54) is 25.0 Å². The Morgan fingerprint density at radius 1 is 1.15 bits per heavy atom. The second-order valence-electron chi connectivity index (χ2n) is 6.63. The van der Waals surface area contributed by atoms with Crippen molar-refractivity contribution in [2.24, 2.45) is 5.92 Å². The molecule has 2 aromatic rings. The first-order chi connectivity index (χ1) is 12.4. The van der Waals surface area contributed by atoms with E-state index in [4.69, 9.17) is 4.74 Å². The molecule has 0 radical (unpaired) electrons. The maximum atomic E-state index is 12.8. The van der Waals surface area contributed by atoms with E-state index in [0.717, 1.165) is 17.9 Å². The van der Waals surface area contributed by atoms with Gasteiger partial charge in [-0.05, 0) is 42.7 Å². The number of carbonyl (C=O) groups is 1. The minimum Gasteiger partial charge on any atom is -0.489 e. The number of hydrogen-bond acceptors (Lipinski definition) is 4. The van der Waals surface area contributed by atoms with Crippen molar-refractivity contribution in [3.63, 3.8) is 0 Å². The Labute approximate surface area is 151 Å². The van der Waals surface area contributed by atoms with E-state index in [1.54, 1.807) is 24.4 Å². The zero-order valence-electron chi connectivity index (χ0n) is 14.6. The molecule has 6 heteroatoms. The molecule has 1 fully saturated rings. The van der Waals surface area contributed by atoms with Gasteiger partial charge in [0.25, 0.3) is 0 Å². The number of hydrogen-bond donors (Lipinski definition) is 0. The lowest BCUT2D eigenvalue weighted by Crippen LogP contribution is -2.18. The summed E-state index contributed by atoms with van der Waals surface area (Å²) in [6.45, 7) is 0.957. The van der Waals surface area contributed by atoms with Crippen LogP contribution in [0.2, 0.25) is 0 Å². The van der Waals surface area contributed by atoms with Crippen LogP contribution in [0.1, 0.15) is 48.7 Å². The minimum atomic E-state index is -3.22. The fraction of sp³-hybridized carbons (Fsp3) is 0.400. The van der Waals surface area contributed by atoms with E-state index in [9.17, 15) is 13.6 Å². The molecule has 0 amide bonds. The second kappa shape index (κ2) is 7.81. The molecule has 1 heterocycles. The number of halogens is 2. The molecule has 0 unspecified atom stereocenters. The fourth-order valence-electron chi connectivity index (χ4n) is 2.52. The van der Waals surface area contributed by atoms with Gasteiger partial charge >= 0.3 is 6.11 Å². The second-order valence-corrected chi connectivity index (χ2v) is 6.63. The van der Waals surface area contributed by atoms with Gasteiger partial charge in [0.1, 0.15) is 23.8 Å². The Morgan fingerprint density at radius 3 is 2.42 bits per heavy atom. The average molecular weight is 361 g/mol. The quantitative estimate of drug-likeness (QED) is 0.588. The van der Waals surface area contributed by atoms with Crippen LogP contribution in [0, 0.1) is 5.92 Å². The standard InChI is InChI=1S/C20H21F2NO3/c1-20(21,22)26-17-8-6-16(7-9-17)25-13-15-4-10-18(23-12-15)19(24)11-5-14-2-3-14/h4,6-10,12,14H,2-3,5,11,13H2,1H3. The number of carbonyl (C=O) groups excluding carboxylic acids is 1. The summed E-state index contributed by atoms with van der Waals surface area (Å²) in [5.74, 6) is 1.40. The molecule has 3 rings (SSSR count). The van der Waals surface area contributed by atoms with Gasteiger partial charge in [0.05, 0.1) is 0 Å². The van der Waals surface area contributed by atoms with Gasteiger partial charge in [0.2, 0.25) is 0 Å². The first-order valence-corrected chi connectivity index (χ1v) is 8.67. The lowest BCUT2D eigenvalue weighted by Gasteiger charge is -2.13. The summed E-state index contributed by atoms with van der Waals surface area (Å²) in [7, 11) is 0. The number of ether oxygens (including phenoxy) is 2. The number of nitrogens with zero attached hydrogens (tertiary/aromatic N) is 1. The number of ketones is 1. The molecule has 1 aliphatic rings. The van der Waals surface area contributed by atoms with Crippen molar-refractivity contribution in [1.82, 2.24) is 4.98 Å². The van der Waals surface area contributed by atoms with Crippen LogP contribution in [0.3, 0.4) is 0 Å². The van der Waals surface area contributed by atoms with Gasteiger partial charge in [-0.3, -0.25) is 9.78 Å². The van der Waals surface area contributed by atoms with Gasteiger partial charge in [0, 0.05) is 25.1 Å². The van der Waals surface area contributed by atoms with Gasteiger partial charge in [0.15, 0.2) is 5.78 Å². The first-order valence-electron chi connectivity index (χ1n) is 8.67. The SMILES string of the molecule is CC(F)(F)Oc1ccc(OCc2ccc(C(=O)CCC3CC3)nc2)cc1. The summed E-state index contributed by atoms with van der Waals surface area (Å²) >= 11 is 0. The van der Waals surface area contributed by atoms with Crippen LogP contribution in [-0.2, 0) is 6.61 Å². The van der Waals surface area contributed by atoms with Crippen molar-refractivity contribution in [1.29, 1.82) is 0 Å². The van der Waals surface area contributed by atoms with Crippen molar-refractivity contribution in [3.05, 3.63) is 53.9 Å². The van der Waals surface area contributed by atoms with Crippen LogP contribution in [0.15, 0.2) is 42.6 Å². The van der Waals surface area contributed by atoms with E-state index in [2.05, 4.69) is 9.72 Å². The van der Waals surface area contributed by atoms with Crippen molar-refractivity contribution in [2.45, 2.75) is 45.3 Å². The van der Waals surface area contributed by atoms with Crippen molar-refractivity contribution < 1.29 is 23.0 Å². The monoisotopic (exact) mass is 361 g/mol. The molecule has 0 N–H and O–H groups in total. The summed E-state index contributed by atoms with van der Waals surface area (Å²) in [5, 5.41) is 0. The number of Topliss-reactive ketones (excluding diaryl/α,β-unsaturated/α-hetero) is 1. The number of rotatable bonds is 9. The van der Waals surface area contributed by atoms with E-state index >= 15 is 0 Å². The Bertz CT molecular complexity index is 735. The number of alkyl halides is 2. The van der Waals surface area contributed by atoms with E-state index in [1.807, 2.05) is 6.07 Å². The third kappa shape index (κ3) is 5.79. The van der Waals surface area contributed by atoms with Crippen molar-refractivity contribution >= 4 is 5.78 Å². The minimum absolute atomic E-state index is 0.0700. The summed E-state index contributed by atoms with van der Waals surface area (Å²) in [6.07, 6.45) is 2.40. The van der Waals surface area contributed by atoms with Gasteiger partial charge in [-0.25, -0.2) is 0 Å². The fourth-order valence-corrected chi connectivity index (χ4v) is 2.52. The number of aromatic nitrogens is 1. The van der Waals surface area contributed by atoms with Gasteiger partial charge in [-0.2, -0.15) is 8.78 Å². The molecule has 138 valence electrons. The Hall–Kier alpha value is -2.50. The zero-order chi connectivity index (χ0) is 18.6. The molecule has 0 atom stereocenters. The maximum Gasteiger partial charge on any atom is 0.394 e. The van der Waals surface area contributed by atoms with Gasteiger partial charge in [-0.1, -0.05) is 18.9 Å². The summed E-state index contributed by atoms with van der Waals surface area (Å²) in [6, 6.07) is 9.49. The Kier molecular flexibility index (Phi) is 5.49. The van der Waals surface area contributed by atoms with Crippen LogP contribution in [0.5, 0.6) is 11.5 Å². The third-order valence-electron chi connectivity index (χ3n) is 4.11. The molecular weight excluding hydrogens is 340 g/mol. The normalized spacial score (nSPS) is 14.1. The number of benzene rings is 1. The van der Waals surface area contributed by atoms with E-state index in [0.29, 0.717) is 24.8 Å². The molecule has 1 aromatic carbocycles. The molecule has 4 nitrogen and oxygen atoms in total. The molecule has 0 aliphatic heterocycles. The highest BCUT2D eigenvalue weighted by atomic mass is 19.3. The smallest absolute Gasteiger partial charge is 0.394 e. The number of pyridine rings is 1. The molecule has 1 aliphatic carbocycles. The van der Waals surface area contributed by atoms with Crippen LogP contribution < -0.4 is 9.47 Å². The molecular formula is C20H21F2NO3. The average Bonchev–Trinajstić information content (AvgIpc) is 3.43. The molecule has 1 saturated carbocycles. The van der Waals surface area contributed by atoms with Gasteiger partial charge in [-0.15, -0.1) is 0 Å². The maximum absolute atomic E-state index is 12.8. The summed E-state index contributed by atoms with van der Waals surface area (Å²) in [4.78, 5) is 16.3. The largest absolute Gasteiger partial charge is 0.489 e. The van der Waals surface area contributed by atoms with Crippen LogP contribution in [0.4, 0.5) is 8.78 Å². The molecule has 0 saturated heterocycles. The highest BCUT2D eigenvalue weighted by Gasteiger charge is 2.23. The Morgan fingerprint density at radius 2 is 1.85 bits per heavy atom. The summed E-state index contributed by atoms with van der Waals surface area (Å²) < 4.78 is 35.6. The van der Waals surface area contributed by atoms with Crippen LogP contribution in [0.25, 0.3) is 0 Å². The van der Waals surface area contributed by atoms with E-state index < -0.39 is 6.11 Å².